The number of phenolic OH excluding ortho intramolecular Hbond substituents is 1. The number of carboxylic acid groups (broad SMARTS) is 2. The van der Waals surface area contributed by atoms with Gasteiger partial charge in [-0.25, -0.2) is 24.6 Å². The minimum Gasteiger partial charge on any atom is -0.504 e. The Morgan fingerprint density at radius 3 is 2.63 bits per heavy atom. The fourth-order valence-corrected chi connectivity index (χ4v) is 8.69. The molecule has 4 aliphatic rings. The number of phenols is 2. The smallest absolute Gasteiger partial charge is 0.374 e. The molecule has 1 saturated heterocycles. The Bertz CT molecular complexity index is 2180. The number of aromatic nitrogens is 1. The maximum Gasteiger partial charge on any atom is 0.374 e. The number of hydrogen-bond acceptors (Lipinski definition) is 18. The highest BCUT2D eigenvalue weighted by Crippen LogP contribution is 2.42. The number of allylic oxidation sites excluding steroid dienone is 1. The first kappa shape index (κ1) is 36.5. The average Bonchev–Trinajstić information content (AvgIpc) is 3.71. The van der Waals surface area contributed by atoms with E-state index >= 15 is 0 Å². The molecule has 2 aromatic rings. The summed E-state index contributed by atoms with van der Waals surface area (Å²) in [5.41, 5.74) is 7.56. The lowest BCUT2D eigenvalue weighted by Crippen LogP contribution is -2.71. The van der Waals surface area contributed by atoms with E-state index in [1.54, 1.807) is 13.0 Å². The molecular weight excluding hydrogens is 771 g/mol. The predicted molar refractivity (Wildman–Crippen MR) is 184 cm³/mol. The fourth-order valence-electron chi connectivity index (χ4n) is 5.18. The second-order valence-corrected chi connectivity index (χ2v) is 15.2. The average molecular weight is 796 g/mol. The molecule has 9 N–H and O–H groups in total. The molecule has 1 aromatic heterocycles. The third-order valence-corrected chi connectivity index (χ3v) is 11.3. The zero-order valence-electron chi connectivity index (χ0n) is 26.2. The van der Waals surface area contributed by atoms with Gasteiger partial charge in [0.25, 0.3) is 11.8 Å². The molecule has 0 aliphatic carbocycles. The van der Waals surface area contributed by atoms with Gasteiger partial charge < -0.3 is 36.3 Å². The molecule has 0 unspecified atom stereocenters. The van der Waals surface area contributed by atoms with Crippen LogP contribution in [-0.2, 0) is 36.1 Å². The third-order valence-electron chi connectivity index (χ3n) is 7.50. The number of nitrogens with one attached hydrogen (secondary N) is 2. The van der Waals surface area contributed by atoms with Crippen molar-refractivity contribution in [3.05, 3.63) is 68.7 Å². The number of thiazole rings is 1. The largest absolute Gasteiger partial charge is 0.504 e. The molecule has 0 radical (unpaired) electrons. The number of nitrogens with zero attached hydrogens (tertiary/aromatic N) is 6. The van der Waals surface area contributed by atoms with Crippen LogP contribution in [0.5, 0.6) is 11.5 Å². The number of hydrazine groups is 2. The molecule has 52 heavy (non-hydrogen) atoms. The molecule has 0 spiro atoms. The van der Waals surface area contributed by atoms with E-state index in [4.69, 9.17) is 10.6 Å². The van der Waals surface area contributed by atoms with Gasteiger partial charge in [0, 0.05) is 28.2 Å². The number of oxime groups is 1. The van der Waals surface area contributed by atoms with Crippen LogP contribution < -0.4 is 16.6 Å². The van der Waals surface area contributed by atoms with Gasteiger partial charge in [-0.1, -0.05) is 11.2 Å². The van der Waals surface area contributed by atoms with E-state index in [0.29, 0.717) is 20.7 Å². The lowest BCUT2D eigenvalue weighted by Gasteiger charge is -2.49. The third kappa shape index (κ3) is 6.95. The van der Waals surface area contributed by atoms with Gasteiger partial charge in [-0.3, -0.25) is 19.0 Å². The highest BCUT2D eigenvalue weighted by atomic mass is 32.2. The maximum atomic E-state index is 13.5. The SMILES string of the molecule is CC1=NC2=CN(S(=O)(=O)O)NN2C(SCC2=C(C(=O)O)N3C(=O)[C@@H](NC(=O)C(=NOCc4ccc(O)c(O)c4C(=O)O)c4csc(N)n4)[C@H]3SC2)=C1. The van der Waals surface area contributed by atoms with Crippen molar-refractivity contribution in [3.63, 3.8) is 0 Å². The van der Waals surface area contributed by atoms with Crippen LogP contribution in [0.1, 0.15) is 28.5 Å². The number of β-lactam (4-membered cyclic amide) rings is 1. The normalized spacial score (nSPS) is 20.0. The summed E-state index contributed by atoms with van der Waals surface area (Å²) < 4.78 is 33.1. The first-order valence-corrected chi connectivity index (χ1v) is 18.7. The number of carboxylic acids is 2. The molecule has 0 bridgehead atoms. The first-order chi connectivity index (χ1) is 24.5. The number of aliphatic carboxylic acids is 1. The summed E-state index contributed by atoms with van der Waals surface area (Å²) in [6, 6.07) is 1.02. The van der Waals surface area contributed by atoms with Crippen LogP contribution in [0.15, 0.2) is 62.1 Å². The van der Waals surface area contributed by atoms with Crippen LogP contribution in [0.4, 0.5) is 5.13 Å². The molecule has 6 rings (SSSR count). The van der Waals surface area contributed by atoms with Crippen molar-refractivity contribution >= 4 is 85.5 Å². The molecular formula is C27H25N9O12S4. The van der Waals surface area contributed by atoms with Crippen molar-refractivity contribution in [3.8, 4) is 11.5 Å². The quantitative estimate of drug-likeness (QED) is 0.0467. The van der Waals surface area contributed by atoms with Crippen LogP contribution in [0.2, 0.25) is 0 Å². The van der Waals surface area contributed by atoms with Crippen LogP contribution in [0.3, 0.4) is 0 Å². The molecule has 25 heteroatoms. The summed E-state index contributed by atoms with van der Waals surface area (Å²) in [6.07, 6.45) is 2.67. The van der Waals surface area contributed by atoms with E-state index < -0.39 is 74.9 Å². The Balaban J connectivity index is 1.17. The Morgan fingerprint density at radius 1 is 1.23 bits per heavy atom. The number of anilines is 1. The zero-order valence-corrected chi connectivity index (χ0v) is 29.4. The summed E-state index contributed by atoms with van der Waals surface area (Å²) in [5, 5.41) is 47.9. The van der Waals surface area contributed by atoms with Crippen LogP contribution in [0, 0.1) is 0 Å². The summed E-state index contributed by atoms with van der Waals surface area (Å²) >= 11 is 3.28. The summed E-state index contributed by atoms with van der Waals surface area (Å²) in [7, 11) is -4.65. The van der Waals surface area contributed by atoms with Crippen molar-refractivity contribution in [1.82, 2.24) is 30.2 Å². The molecule has 2 atom stereocenters. The number of amides is 2. The number of rotatable bonds is 12. The second-order valence-electron chi connectivity index (χ2n) is 10.9. The van der Waals surface area contributed by atoms with E-state index in [-0.39, 0.29) is 39.4 Å². The number of nitrogen functional groups attached to an aromatic ring is 1. The molecule has 1 aromatic carbocycles. The van der Waals surface area contributed by atoms with Gasteiger partial charge in [0.05, 0.1) is 11.2 Å². The molecule has 274 valence electrons. The van der Waals surface area contributed by atoms with Crippen molar-refractivity contribution in [1.29, 1.82) is 0 Å². The standard InChI is InChI=1S/C27H25N9O12S4/c1-10-4-16(36-15(29-10)5-34(33-36)52(45,46)47)49-7-12-8-50-24-19(23(40)35(24)20(12)26(43)44)31-22(39)18(13-9-51-27(28)30-13)32-48-6-11-2-3-14(37)21(38)17(11)25(41)42/h2-5,9,19,24,33,37-38H,6-8H2,1H3,(H2,28,30)(H,31,39)(H,41,42)(H,43,44)(H,45,46,47)/t19-,24-/m1/s1. The van der Waals surface area contributed by atoms with Gasteiger partial charge >= 0.3 is 22.2 Å². The number of aromatic hydroxyl groups is 2. The number of thioether (sulfide) groups is 2. The van der Waals surface area contributed by atoms with E-state index in [1.165, 1.54) is 28.2 Å². The topological polar surface area (TPSA) is 310 Å². The number of benzene rings is 1. The van der Waals surface area contributed by atoms with Gasteiger partial charge in [-0.05, 0) is 24.6 Å². The number of carbonyl (C=O) groups excluding carboxylic acids is 2. The predicted octanol–water partition coefficient (Wildman–Crippen LogP) is 0.182. The Kier molecular flexibility index (Phi) is 9.81. The summed E-state index contributed by atoms with van der Waals surface area (Å²) in [6.45, 7) is 1.09. The Morgan fingerprint density at radius 2 is 1.98 bits per heavy atom. The number of carbonyl (C=O) groups is 4. The van der Waals surface area contributed by atoms with Crippen LogP contribution in [0.25, 0.3) is 0 Å². The Labute approximate surface area is 304 Å². The van der Waals surface area contributed by atoms with Crippen LogP contribution in [-0.4, -0.2) is 111 Å². The van der Waals surface area contributed by atoms with Gasteiger partial charge in [0.1, 0.15) is 35.0 Å². The van der Waals surface area contributed by atoms with Gasteiger partial charge in [-0.15, -0.1) is 40.4 Å². The number of nitrogens with two attached hydrogens (primary N) is 1. The number of fused-ring (bicyclic) bond motifs is 2. The maximum absolute atomic E-state index is 13.5. The number of hydrogen-bond donors (Lipinski definition) is 8. The van der Waals surface area contributed by atoms with Crippen molar-refractivity contribution < 1.29 is 57.4 Å². The molecule has 5 heterocycles. The first-order valence-electron chi connectivity index (χ1n) is 14.4. The molecule has 21 nitrogen and oxygen atoms in total. The van der Waals surface area contributed by atoms with Gasteiger partial charge in [-0.2, -0.15) is 12.8 Å². The minimum atomic E-state index is -4.65. The summed E-state index contributed by atoms with van der Waals surface area (Å²) in [5.74, 6) is -5.84. The van der Waals surface area contributed by atoms with Crippen molar-refractivity contribution in [2.45, 2.75) is 24.9 Å². The Hall–Kier alpha value is -5.34. The molecule has 2 amide bonds. The second kappa shape index (κ2) is 14.0. The van der Waals surface area contributed by atoms with Gasteiger partial charge in [0.2, 0.25) is 0 Å². The zero-order chi connectivity index (χ0) is 37.6. The van der Waals surface area contributed by atoms with Crippen molar-refractivity contribution in [2.75, 3.05) is 17.2 Å². The highest BCUT2D eigenvalue weighted by molar-refractivity contribution is 8.03. The number of aliphatic imine (C=N–C) groups is 1. The van der Waals surface area contributed by atoms with E-state index in [0.717, 1.165) is 40.3 Å². The minimum absolute atomic E-state index is 0.0418. The fraction of sp³-hybridized carbons (Fsp3) is 0.222. The molecule has 4 aliphatic heterocycles. The summed E-state index contributed by atoms with van der Waals surface area (Å²) in [4.78, 5) is 65.5. The lowest BCUT2D eigenvalue weighted by molar-refractivity contribution is -0.150. The molecule has 1 fully saturated rings. The highest BCUT2D eigenvalue weighted by Gasteiger charge is 2.54. The van der Waals surface area contributed by atoms with E-state index in [1.807, 2.05) is 0 Å². The van der Waals surface area contributed by atoms with E-state index in [2.05, 4.69) is 26.0 Å². The van der Waals surface area contributed by atoms with E-state index in [9.17, 15) is 52.6 Å². The van der Waals surface area contributed by atoms with Crippen LogP contribution >= 0.6 is 34.9 Å². The van der Waals surface area contributed by atoms with Crippen molar-refractivity contribution in [2.24, 2.45) is 10.1 Å². The van der Waals surface area contributed by atoms with Gasteiger partial charge in [0.15, 0.2) is 28.2 Å². The lowest BCUT2D eigenvalue weighted by atomic mass is 10.0. The molecule has 0 saturated carbocycles. The monoisotopic (exact) mass is 795 g/mol. The number of aromatic carboxylic acids is 1.